The lowest BCUT2D eigenvalue weighted by Gasteiger charge is -1.96. The molecule has 1 aliphatic rings. The minimum Gasteiger partial charge on any atom is -0.387 e. The van der Waals surface area contributed by atoms with Crippen LogP contribution < -0.4 is 5.73 Å². The molecule has 0 saturated heterocycles. The van der Waals surface area contributed by atoms with E-state index >= 15 is 0 Å². The molecule has 0 spiro atoms. The molecule has 0 fully saturated rings. The highest BCUT2D eigenvalue weighted by Gasteiger charge is 2.14. The Balaban J connectivity index is 2.32. The summed E-state index contributed by atoms with van der Waals surface area (Å²) < 4.78 is 11.7. The lowest BCUT2D eigenvalue weighted by atomic mass is 10.1. The predicted octanol–water partition coefficient (Wildman–Crippen LogP) is 0.333. The average Bonchev–Trinajstić information content (AvgIpc) is 2.14. The van der Waals surface area contributed by atoms with Crippen LogP contribution in [-0.4, -0.2) is 19.1 Å². The number of halogens is 1. The molecular formula is C5H9FN2. The summed E-state index contributed by atoms with van der Waals surface area (Å²) in [5.41, 5.74) is 5.28. The molecule has 1 heterocycles. The van der Waals surface area contributed by atoms with Gasteiger partial charge in [-0.05, 0) is 0 Å². The second-order valence-electron chi connectivity index (χ2n) is 2.06. The van der Waals surface area contributed by atoms with Gasteiger partial charge in [-0.2, -0.15) is 0 Å². The van der Waals surface area contributed by atoms with E-state index in [1.165, 1.54) is 0 Å². The maximum Gasteiger partial charge on any atom is 0.0944 e. The summed E-state index contributed by atoms with van der Waals surface area (Å²) >= 11 is 0. The summed E-state index contributed by atoms with van der Waals surface area (Å²) in [6, 6.07) is 0. The number of alkyl halides is 1. The first kappa shape index (κ1) is 5.54. The number of hydrogen-bond acceptors (Lipinski definition) is 2. The molecule has 2 N–H and O–H groups in total. The van der Waals surface area contributed by atoms with Crippen molar-refractivity contribution in [3.8, 4) is 0 Å². The molecule has 0 aromatic heterocycles. The molecule has 0 aliphatic carbocycles. The first-order valence-electron chi connectivity index (χ1n) is 2.67. The van der Waals surface area contributed by atoms with Crippen LogP contribution in [0.2, 0.25) is 0 Å². The first-order valence-corrected chi connectivity index (χ1v) is 2.67. The average molecular weight is 116 g/mol. The standard InChI is InChI=1S/C5H9FN2/c6-2-4-1-5(7)8-3-4/h4H,1-3H2,(H2,7,8). The third-order valence-corrected chi connectivity index (χ3v) is 1.27. The van der Waals surface area contributed by atoms with E-state index in [9.17, 15) is 4.39 Å². The second-order valence-corrected chi connectivity index (χ2v) is 2.06. The van der Waals surface area contributed by atoms with E-state index in [-0.39, 0.29) is 12.6 Å². The van der Waals surface area contributed by atoms with Gasteiger partial charge in [-0.3, -0.25) is 9.38 Å². The smallest absolute Gasteiger partial charge is 0.0944 e. The number of hydrogen-bond donors (Lipinski definition) is 1. The van der Waals surface area contributed by atoms with Gasteiger partial charge in [0.05, 0.1) is 12.5 Å². The fourth-order valence-electron chi connectivity index (χ4n) is 0.775. The molecule has 1 rings (SSSR count). The molecule has 1 aliphatic heterocycles. The van der Waals surface area contributed by atoms with Crippen molar-refractivity contribution in [2.45, 2.75) is 6.42 Å². The number of amidine groups is 1. The largest absolute Gasteiger partial charge is 0.387 e. The lowest BCUT2D eigenvalue weighted by Crippen LogP contribution is -2.10. The highest BCUT2D eigenvalue weighted by atomic mass is 19.1. The van der Waals surface area contributed by atoms with Crippen LogP contribution in [-0.2, 0) is 0 Å². The van der Waals surface area contributed by atoms with Crippen LogP contribution in [0.5, 0.6) is 0 Å². The zero-order chi connectivity index (χ0) is 5.98. The number of aliphatic imine (C=N–C) groups is 1. The third-order valence-electron chi connectivity index (χ3n) is 1.27. The Morgan fingerprint density at radius 1 is 1.88 bits per heavy atom. The van der Waals surface area contributed by atoms with E-state index in [4.69, 9.17) is 5.73 Å². The molecule has 0 amide bonds. The minimum atomic E-state index is -0.288. The molecule has 0 radical (unpaired) electrons. The number of nitrogens with two attached hydrogens (primary N) is 1. The van der Waals surface area contributed by atoms with Crippen LogP contribution in [0.4, 0.5) is 4.39 Å². The van der Waals surface area contributed by atoms with Crippen molar-refractivity contribution in [3.63, 3.8) is 0 Å². The van der Waals surface area contributed by atoms with Crippen molar-refractivity contribution < 1.29 is 4.39 Å². The van der Waals surface area contributed by atoms with Crippen LogP contribution in [0.1, 0.15) is 6.42 Å². The van der Waals surface area contributed by atoms with E-state index < -0.39 is 0 Å². The molecule has 0 aromatic rings. The molecular weight excluding hydrogens is 107 g/mol. The topological polar surface area (TPSA) is 38.4 Å². The highest BCUT2D eigenvalue weighted by Crippen LogP contribution is 2.10. The second kappa shape index (κ2) is 2.11. The summed E-state index contributed by atoms with van der Waals surface area (Å²) in [6.45, 7) is 0.298. The molecule has 0 bridgehead atoms. The minimum absolute atomic E-state index is 0.0787. The fraction of sp³-hybridized carbons (Fsp3) is 0.800. The zero-order valence-corrected chi connectivity index (χ0v) is 4.60. The van der Waals surface area contributed by atoms with Crippen LogP contribution in [0.15, 0.2) is 4.99 Å². The molecule has 1 unspecified atom stereocenters. The quantitative estimate of drug-likeness (QED) is 0.527. The third kappa shape index (κ3) is 0.967. The van der Waals surface area contributed by atoms with E-state index in [0.717, 1.165) is 0 Å². The lowest BCUT2D eigenvalue weighted by molar-refractivity contribution is 0.386. The SMILES string of the molecule is NC1=NCC(CF)C1. The van der Waals surface area contributed by atoms with Gasteiger partial charge >= 0.3 is 0 Å². The van der Waals surface area contributed by atoms with E-state index in [1.807, 2.05) is 0 Å². The van der Waals surface area contributed by atoms with Crippen molar-refractivity contribution in [1.82, 2.24) is 0 Å². The summed E-state index contributed by atoms with van der Waals surface area (Å²) in [5.74, 6) is 0.683. The monoisotopic (exact) mass is 116 g/mol. The zero-order valence-electron chi connectivity index (χ0n) is 4.60. The van der Waals surface area contributed by atoms with Crippen LogP contribution in [0.25, 0.3) is 0 Å². The summed E-state index contributed by atoms with van der Waals surface area (Å²) in [4.78, 5) is 3.84. The van der Waals surface area contributed by atoms with E-state index in [2.05, 4.69) is 4.99 Å². The molecule has 8 heavy (non-hydrogen) atoms. The van der Waals surface area contributed by atoms with Crippen molar-refractivity contribution in [2.75, 3.05) is 13.2 Å². The molecule has 2 nitrogen and oxygen atoms in total. The van der Waals surface area contributed by atoms with Crippen molar-refractivity contribution >= 4 is 5.84 Å². The van der Waals surface area contributed by atoms with Gasteiger partial charge in [0.2, 0.25) is 0 Å². The molecule has 0 aromatic carbocycles. The number of nitrogens with zero attached hydrogens (tertiary/aromatic N) is 1. The van der Waals surface area contributed by atoms with Crippen LogP contribution in [0, 0.1) is 5.92 Å². The number of rotatable bonds is 1. The summed E-state index contributed by atoms with van der Waals surface area (Å²) in [5, 5.41) is 0. The van der Waals surface area contributed by atoms with Gasteiger partial charge in [0, 0.05) is 18.9 Å². The van der Waals surface area contributed by atoms with Gasteiger partial charge in [0.15, 0.2) is 0 Å². The van der Waals surface area contributed by atoms with Crippen LogP contribution >= 0.6 is 0 Å². The normalized spacial score (nSPS) is 28.1. The molecule has 1 atom stereocenters. The van der Waals surface area contributed by atoms with E-state index in [1.54, 1.807) is 0 Å². The van der Waals surface area contributed by atoms with Gasteiger partial charge < -0.3 is 5.73 Å². The van der Waals surface area contributed by atoms with Crippen LogP contribution in [0.3, 0.4) is 0 Å². The van der Waals surface area contributed by atoms with Gasteiger partial charge in [0.25, 0.3) is 0 Å². The van der Waals surface area contributed by atoms with Crippen molar-refractivity contribution in [3.05, 3.63) is 0 Å². The van der Waals surface area contributed by atoms with Gasteiger partial charge in [0.1, 0.15) is 0 Å². The van der Waals surface area contributed by atoms with Crippen molar-refractivity contribution in [2.24, 2.45) is 16.6 Å². The Kier molecular flexibility index (Phi) is 1.46. The summed E-state index contributed by atoms with van der Waals surface area (Å²) in [6.07, 6.45) is 0.649. The maximum absolute atomic E-state index is 11.7. The highest BCUT2D eigenvalue weighted by molar-refractivity contribution is 5.82. The van der Waals surface area contributed by atoms with Gasteiger partial charge in [-0.1, -0.05) is 0 Å². The van der Waals surface area contributed by atoms with Gasteiger partial charge in [-0.25, -0.2) is 0 Å². The fourth-order valence-corrected chi connectivity index (χ4v) is 0.775. The first-order chi connectivity index (χ1) is 3.83. The Morgan fingerprint density at radius 3 is 2.88 bits per heavy atom. The van der Waals surface area contributed by atoms with E-state index in [0.29, 0.717) is 18.8 Å². The Morgan fingerprint density at radius 2 is 2.62 bits per heavy atom. The Bertz CT molecular complexity index is 111. The Labute approximate surface area is 47.6 Å². The molecule has 0 saturated carbocycles. The summed E-state index contributed by atoms with van der Waals surface area (Å²) in [7, 11) is 0. The van der Waals surface area contributed by atoms with Gasteiger partial charge in [-0.15, -0.1) is 0 Å². The maximum atomic E-state index is 11.7. The van der Waals surface area contributed by atoms with Crippen molar-refractivity contribution in [1.29, 1.82) is 0 Å². The predicted molar refractivity (Wildman–Crippen MR) is 30.6 cm³/mol. The Hall–Kier alpha value is -0.600. The molecule has 3 heteroatoms. The molecule has 46 valence electrons.